The van der Waals surface area contributed by atoms with Crippen molar-refractivity contribution in [1.82, 2.24) is 0 Å². The van der Waals surface area contributed by atoms with Crippen LogP contribution in [0.3, 0.4) is 0 Å². The Morgan fingerprint density at radius 1 is 1.88 bits per heavy atom. The highest BCUT2D eigenvalue weighted by atomic mass is 16.1. The summed E-state index contributed by atoms with van der Waals surface area (Å²) in [5.74, 6) is 0.263. The zero-order chi connectivity index (χ0) is 6.15. The molecule has 2 atom stereocenters. The minimum absolute atomic E-state index is 0.0139. The van der Waals surface area contributed by atoms with Crippen LogP contribution in [-0.2, 0) is 4.79 Å². The van der Waals surface area contributed by atoms with Gasteiger partial charge in [0.25, 0.3) is 0 Å². The van der Waals surface area contributed by atoms with Gasteiger partial charge < -0.3 is 0 Å². The van der Waals surface area contributed by atoms with Gasteiger partial charge in [0.2, 0.25) is 0 Å². The van der Waals surface area contributed by atoms with Crippen LogP contribution in [0.4, 0.5) is 0 Å². The molecule has 1 aliphatic carbocycles. The Labute approximate surface area is 48.1 Å². The van der Waals surface area contributed by atoms with E-state index in [2.05, 4.69) is 6.07 Å². The van der Waals surface area contributed by atoms with Crippen molar-refractivity contribution >= 4 is 5.78 Å². The summed E-state index contributed by atoms with van der Waals surface area (Å²) in [6.45, 7) is 1.81. The summed E-state index contributed by atoms with van der Waals surface area (Å²) >= 11 is 0. The molecule has 0 aromatic rings. The summed E-state index contributed by atoms with van der Waals surface area (Å²) < 4.78 is 0. The maximum Gasteiger partial charge on any atom is 0.138 e. The van der Waals surface area contributed by atoms with Crippen LogP contribution >= 0.6 is 0 Å². The maximum atomic E-state index is 10.4. The third-order valence-corrected chi connectivity index (χ3v) is 1.70. The van der Waals surface area contributed by atoms with Crippen LogP contribution in [0.15, 0.2) is 0 Å². The van der Waals surface area contributed by atoms with E-state index in [0.29, 0.717) is 6.42 Å². The molecule has 0 N–H and O–H groups in total. The van der Waals surface area contributed by atoms with E-state index in [1.54, 1.807) is 6.92 Å². The van der Waals surface area contributed by atoms with Crippen molar-refractivity contribution in [2.24, 2.45) is 11.8 Å². The molecule has 1 fully saturated rings. The van der Waals surface area contributed by atoms with Crippen LogP contribution in [0, 0.1) is 23.2 Å². The number of ketones is 1. The number of hydrogen-bond acceptors (Lipinski definition) is 2. The van der Waals surface area contributed by atoms with Crippen molar-refractivity contribution in [3.05, 3.63) is 0 Å². The summed E-state index contributed by atoms with van der Waals surface area (Å²) in [5, 5.41) is 8.27. The largest absolute Gasteiger partial charge is 0.299 e. The van der Waals surface area contributed by atoms with Crippen molar-refractivity contribution in [3.8, 4) is 6.07 Å². The monoisotopic (exact) mass is 109 g/mol. The van der Waals surface area contributed by atoms with Crippen LogP contribution in [0.1, 0.15) is 13.3 Å². The first kappa shape index (κ1) is 5.30. The first-order chi connectivity index (χ1) is 3.75. The second-order valence-electron chi connectivity index (χ2n) is 2.19. The summed E-state index contributed by atoms with van der Waals surface area (Å²) in [6.07, 6.45) is 0.484. The normalized spacial score (nSPS) is 35.8. The topological polar surface area (TPSA) is 40.9 Å². The number of Topliss-reactive ketones (excluding diaryl/α,β-unsaturated/α-hetero) is 1. The van der Waals surface area contributed by atoms with Crippen molar-refractivity contribution in [2.45, 2.75) is 13.3 Å². The van der Waals surface area contributed by atoms with Gasteiger partial charge in [-0.2, -0.15) is 5.26 Å². The predicted molar refractivity (Wildman–Crippen MR) is 27.9 cm³/mol. The van der Waals surface area contributed by atoms with E-state index in [0.717, 1.165) is 0 Å². The molecule has 0 aromatic carbocycles. The zero-order valence-corrected chi connectivity index (χ0v) is 4.72. The van der Waals surface area contributed by atoms with Crippen molar-refractivity contribution in [1.29, 1.82) is 5.26 Å². The Kier molecular flexibility index (Phi) is 1.05. The fourth-order valence-electron chi connectivity index (χ4n) is 0.801. The maximum absolute atomic E-state index is 10.4. The Morgan fingerprint density at radius 2 is 2.50 bits per heavy atom. The number of carbonyl (C=O) groups excluding carboxylic acids is 1. The van der Waals surface area contributed by atoms with E-state index < -0.39 is 0 Å². The fourth-order valence-corrected chi connectivity index (χ4v) is 0.801. The minimum atomic E-state index is 0.0139. The molecular formula is C6H7NO. The molecular weight excluding hydrogens is 102 g/mol. The van der Waals surface area contributed by atoms with E-state index >= 15 is 0 Å². The number of rotatable bonds is 0. The molecule has 2 unspecified atom stereocenters. The Morgan fingerprint density at radius 3 is 2.62 bits per heavy atom. The second kappa shape index (κ2) is 1.59. The lowest BCUT2D eigenvalue weighted by molar-refractivity contribution is -0.131. The first-order valence-electron chi connectivity index (χ1n) is 2.68. The SMILES string of the molecule is CC1C(=O)CC1C#N. The molecule has 0 bridgehead atoms. The Balaban J connectivity index is 2.50. The van der Waals surface area contributed by atoms with Gasteiger partial charge in [-0.05, 0) is 0 Å². The molecule has 1 saturated carbocycles. The van der Waals surface area contributed by atoms with E-state index in [9.17, 15) is 4.79 Å². The van der Waals surface area contributed by atoms with Crippen molar-refractivity contribution < 1.29 is 4.79 Å². The molecule has 2 heteroatoms. The van der Waals surface area contributed by atoms with Gasteiger partial charge in [0.1, 0.15) is 5.78 Å². The van der Waals surface area contributed by atoms with Gasteiger partial charge >= 0.3 is 0 Å². The second-order valence-corrected chi connectivity index (χ2v) is 2.19. The van der Waals surface area contributed by atoms with Gasteiger partial charge in [0.15, 0.2) is 0 Å². The standard InChI is InChI=1S/C6H7NO/c1-4-5(3-7)2-6(4)8/h4-5H,2H2,1H3. The van der Waals surface area contributed by atoms with E-state index in [1.807, 2.05) is 0 Å². The van der Waals surface area contributed by atoms with Gasteiger partial charge in [-0.15, -0.1) is 0 Å². The van der Waals surface area contributed by atoms with Crippen LogP contribution in [0.2, 0.25) is 0 Å². The predicted octanol–water partition coefficient (Wildman–Crippen LogP) is 0.735. The number of carbonyl (C=O) groups is 1. The molecule has 0 aliphatic heterocycles. The number of hydrogen-bond donors (Lipinski definition) is 0. The lowest BCUT2D eigenvalue weighted by atomic mass is 9.75. The van der Waals surface area contributed by atoms with Crippen LogP contribution in [-0.4, -0.2) is 5.78 Å². The van der Waals surface area contributed by atoms with Crippen molar-refractivity contribution in [3.63, 3.8) is 0 Å². The molecule has 1 aliphatic rings. The molecule has 1 rings (SSSR count). The smallest absolute Gasteiger partial charge is 0.138 e. The highest BCUT2D eigenvalue weighted by Gasteiger charge is 2.35. The van der Waals surface area contributed by atoms with Gasteiger partial charge in [0, 0.05) is 12.3 Å². The molecule has 0 radical (unpaired) electrons. The fraction of sp³-hybridized carbons (Fsp3) is 0.667. The van der Waals surface area contributed by atoms with Crippen LogP contribution in [0.25, 0.3) is 0 Å². The highest BCUT2D eigenvalue weighted by molar-refractivity contribution is 5.87. The minimum Gasteiger partial charge on any atom is -0.299 e. The lowest BCUT2D eigenvalue weighted by Crippen LogP contribution is -2.33. The number of nitrogens with zero attached hydrogens (tertiary/aromatic N) is 1. The molecule has 0 saturated heterocycles. The lowest BCUT2D eigenvalue weighted by Gasteiger charge is -2.25. The van der Waals surface area contributed by atoms with E-state index in [4.69, 9.17) is 5.26 Å². The van der Waals surface area contributed by atoms with Crippen molar-refractivity contribution in [2.75, 3.05) is 0 Å². The molecule has 2 nitrogen and oxygen atoms in total. The summed E-state index contributed by atoms with van der Waals surface area (Å²) in [7, 11) is 0. The highest BCUT2D eigenvalue weighted by Crippen LogP contribution is 2.28. The third-order valence-electron chi connectivity index (χ3n) is 1.70. The van der Waals surface area contributed by atoms with Gasteiger partial charge in [-0.1, -0.05) is 6.92 Å². The van der Waals surface area contributed by atoms with Gasteiger partial charge in [0.05, 0.1) is 12.0 Å². The van der Waals surface area contributed by atoms with Crippen LogP contribution < -0.4 is 0 Å². The molecule has 8 heavy (non-hydrogen) atoms. The summed E-state index contributed by atoms with van der Waals surface area (Å²) in [5.41, 5.74) is 0. The molecule has 0 heterocycles. The summed E-state index contributed by atoms with van der Waals surface area (Å²) in [4.78, 5) is 10.4. The summed E-state index contributed by atoms with van der Waals surface area (Å²) in [6, 6.07) is 2.06. The Hall–Kier alpha value is -0.840. The van der Waals surface area contributed by atoms with Crippen LogP contribution in [0.5, 0.6) is 0 Å². The van der Waals surface area contributed by atoms with E-state index in [-0.39, 0.29) is 17.6 Å². The molecule has 42 valence electrons. The average Bonchev–Trinajstić information content (AvgIpc) is 1.81. The number of nitriles is 1. The molecule has 0 spiro atoms. The average molecular weight is 109 g/mol. The van der Waals surface area contributed by atoms with Gasteiger partial charge in [-0.3, -0.25) is 4.79 Å². The third kappa shape index (κ3) is 0.516. The first-order valence-corrected chi connectivity index (χ1v) is 2.68. The molecule has 0 amide bonds. The zero-order valence-electron chi connectivity index (χ0n) is 4.72. The quantitative estimate of drug-likeness (QED) is 0.460. The Bertz CT molecular complexity index is 156. The molecule has 0 aromatic heterocycles. The van der Waals surface area contributed by atoms with Gasteiger partial charge in [-0.25, -0.2) is 0 Å². The van der Waals surface area contributed by atoms with E-state index in [1.165, 1.54) is 0 Å².